The van der Waals surface area contributed by atoms with E-state index in [0.29, 0.717) is 17.8 Å². The Kier molecular flexibility index (Phi) is 3.55. The van der Waals surface area contributed by atoms with Crippen molar-refractivity contribution in [2.45, 2.75) is 20.3 Å². The van der Waals surface area contributed by atoms with E-state index in [9.17, 15) is 9.90 Å². The molecule has 0 saturated carbocycles. The molecule has 0 aliphatic carbocycles. The number of aromatic hydroxyl groups is 1. The lowest BCUT2D eigenvalue weighted by molar-refractivity contribution is 0.102. The van der Waals surface area contributed by atoms with Crippen molar-refractivity contribution in [1.29, 1.82) is 0 Å². The molecule has 0 radical (unpaired) electrons. The zero-order valence-corrected chi connectivity index (χ0v) is 12.5. The average Bonchev–Trinajstić information content (AvgIpc) is 2.87. The number of amides is 1. The number of hydrogen-bond acceptors (Lipinski definition) is 3. The van der Waals surface area contributed by atoms with E-state index in [-0.39, 0.29) is 11.7 Å². The van der Waals surface area contributed by atoms with Crippen molar-refractivity contribution in [3.63, 3.8) is 0 Å². The molecule has 0 fully saturated rings. The van der Waals surface area contributed by atoms with Crippen molar-refractivity contribution in [2.75, 3.05) is 5.32 Å². The van der Waals surface area contributed by atoms with E-state index in [2.05, 4.69) is 10.3 Å². The standard InChI is InChI=1S/C17H17N3O2/c1-3-14-16(20-9-8-11(2)10-15(20)19-14)17(22)18-12-4-6-13(21)7-5-12/h4-10,21H,3H2,1-2H3,(H,18,22). The number of phenols is 1. The maximum atomic E-state index is 12.6. The van der Waals surface area contributed by atoms with Gasteiger partial charge >= 0.3 is 0 Å². The van der Waals surface area contributed by atoms with Crippen molar-refractivity contribution in [3.8, 4) is 5.75 Å². The number of benzene rings is 1. The maximum absolute atomic E-state index is 12.6. The molecule has 0 aliphatic heterocycles. The second-order valence-electron chi connectivity index (χ2n) is 5.19. The Hall–Kier alpha value is -2.82. The summed E-state index contributed by atoms with van der Waals surface area (Å²) in [5.74, 6) is -0.0450. The van der Waals surface area contributed by atoms with Gasteiger partial charge in [0.05, 0.1) is 5.69 Å². The summed E-state index contributed by atoms with van der Waals surface area (Å²) in [6.07, 6.45) is 2.54. The van der Waals surface area contributed by atoms with Crippen LogP contribution in [0.15, 0.2) is 42.6 Å². The second-order valence-corrected chi connectivity index (χ2v) is 5.19. The fourth-order valence-electron chi connectivity index (χ4n) is 2.42. The number of carbonyl (C=O) groups excluding carboxylic acids is 1. The molecule has 0 unspecified atom stereocenters. The van der Waals surface area contributed by atoms with Gasteiger partial charge in [-0.05, 0) is 55.3 Å². The summed E-state index contributed by atoms with van der Waals surface area (Å²) in [5.41, 5.74) is 3.82. The van der Waals surface area contributed by atoms with Gasteiger partial charge in [-0.1, -0.05) is 6.92 Å². The number of pyridine rings is 1. The Bertz CT molecular complexity index is 835. The topological polar surface area (TPSA) is 66.6 Å². The number of nitrogens with zero attached hydrogens (tertiary/aromatic N) is 2. The highest BCUT2D eigenvalue weighted by atomic mass is 16.3. The van der Waals surface area contributed by atoms with E-state index >= 15 is 0 Å². The fraction of sp³-hybridized carbons (Fsp3) is 0.176. The van der Waals surface area contributed by atoms with Gasteiger partial charge in [0, 0.05) is 11.9 Å². The molecule has 1 aromatic carbocycles. The molecule has 0 bridgehead atoms. The highest BCUT2D eigenvalue weighted by molar-refractivity contribution is 6.04. The number of fused-ring (bicyclic) bond motifs is 1. The highest BCUT2D eigenvalue weighted by Gasteiger charge is 2.18. The SMILES string of the molecule is CCc1nc2cc(C)ccn2c1C(=O)Nc1ccc(O)cc1. The second kappa shape index (κ2) is 5.52. The lowest BCUT2D eigenvalue weighted by Crippen LogP contribution is -2.16. The van der Waals surface area contributed by atoms with Gasteiger partial charge in [-0.2, -0.15) is 0 Å². The predicted octanol–water partition coefficient (Wildman–Crippen LogP) is 3.16. The summed E-state index contributed by atoms with van der Waals surface area (Å²) in [6.45, 7) is 3.97. The van der Waals surface area contributed by atoms with Crippen molar-refractivity contribution in [1.82, 2.24) is 9.38 Å². The van der Waals surface area contributed by atoms with Crippen molar-refractivity contribution in [3.05, 3.63) is 59.5 Å². The summed E-state index contributed by atoms with van der Waals surface area (Å²) in [5, 5.41) is 12.1. The van der Waals surface area contributed by atoms with Crippen molar-refractivity contribution in [2.24, 2.45) is 0 Å². The smallest absolute Gasteiger partial charge is 0.274 e. The van der Waals surface area contributed by atoms with Gasteiger partial charge in [0.2, 0.25) is 0 Å². The molecule has 2 aromatic heterocycles. The molecular weight excluding hydrogens is 278 g/mol. The van der Waals surface area contributed by atoms with Gasteiger partial charge in [0.25, 0.3) is 5.91 Å². The molecule has 0 saturated heterocycles. The van der Waals surface area contributed by atoms with Crippen LogP contribution in [0.5, 0.6) is 5.75 Å². The van der Waals surface area contributed by atoms with Crippen LogP contribution < -0.4 is 5.32 Å². The normalized spacial score (nSPS) is 10.8. The van der Waals surface area contributed by atoms with Gasteiger partial charge in [0.15, 0.2) is 0 Å². The first-order valence-corrected chi connectivity index (χ1v) is 7.16. The number of nitrogens with one attached hydrogen (secondary N) is 1. The minimum atomic E-state index is -0.209. The van der Waals surface area contributed by atoms with E-state index in [1.807, 2.05) is 36.6 Å². The molecule has 5 heteroatoms. The third-order valence-corrected chi connectivity index (χ3v) is 3.53. The molecule has 22 heavy (non-hydrogen) atoms. The van der Waals surface area contributed by atoms with Crippen LogP contribution in [-0.2, 0) is 6.42 Å². The third-order valence-electron chi connectivity index (χ3n) is 3.53. The largest absolute Gasteiger partial charge is 0.508 e. The molecule has 2 N–H and O–H groups in total. The summed E-state index contributed by atoms with van der Waals surface area (Å²) < 4.78 is 1.81. The Morgan fingerprint density at radius 2 is 2.00 bits per heavy atom. The van der Waals surface area contributed by atoms with Crippen LogP contribution in [0.1, 0.15) is 28.7 Å². The minimum absolute atomic E-state index is 0.164. The zero-order valence-electron chi connectivity index (χ0n) is 12.5. The lowest BCUT2D eigenvalue weighted by atomic mass is 10.2. The number of aromatic nitrogens is 2. The summed E-state index contributed by atoms with van der Waals surface area (Å²) in [4.78, 5) is 17.1. The van der Waals surface area contributed by atoms with Crippen LogP contribution in [0.3, 0.4) is 0 Å². The minimum Gasteiger partial charge on any atom is -0.508 e. The number of imidazole rings is 1. The summed E-state index contributed by atoms with van der Waals surface area (Å²) in [7, 11) is 0. The summed E-state index contributed by atoms with van der Waals surface area (Å²) in [6, 6.07) is 10.3. The quantitative estimate of drug-likeness (QED) is 0.729. The van der Waals surface area contributed by atoms with Gasteiger partial charge in [-0.25, -0.2) is 4.98 Å². The number of carbonyl (C=O) groups is 1. The van der Waals surface area contributed by atoms with Crippen LogP contribution in [0.4, 0.5) is 5.69 Å². The number of anilines is 1. The molecule has 3 aromatic rings. The number of hydrogen-bond donors (Lipinski definition) is 2. The van der Waals surface area contributed by atoms with E-state index < -0.39 is 0 Å². The Labute approximate surface area is 128 Å². The van der Waals surface area contributed by atoms with Gasteiger partial charge < -0.3 is 10.4 Å². The van der Waals surface area contributed by atoms with Crippen molar-refractivity contribution >= 4 is 17.2 Å². The van der Waals surface area contributed by atoms with Crippen molar-refractivity contribution < 1.29 is 9.90 Å². The van der Waals surface area contributed by atoms with Crippen LogP contribution in [0, 0.1) is 6.92 Å². The van der Waals surface area contributed by atoms with E-state index in [1.165, 1.54) is 12.1 Å². The molecule has 2 heterocycles. The molecule has 3 rings (SSSR count). The van der Waals surface area contributed by atoms with Crippen LogP contribution in [0.25, 0.3) is 5.65 Å². The Balaban J connectivity index is 2.00. The predicted molar refractivity (Wildman–Crippen MR) is 85.4 cm³/mol. The van der Waals surface area contributed by atoms with Crippen LogP contribution in [-0.4, -0.2) is 20.4 Å². The zero-order chi connectivity index (χ0) is 15.7. The molecular formula is C17H17N3O2. The molecule has 0 spiro atoms. The first kappa shape index (κ1) is 14.1. The molecule has 0 aliphatic rings. The lowest BCUT2D eigenvalue weighted by Gasteiger charge is -2.07. The Morgan fingerprint density at radius 1 is 1.27 bits per heavy atom. The summed E-state index contributed by atoms with van der Waals surface area (Å²) >= 11 is 0. The first-order valence-electron chi connectivity index (χ1n) is 7.16. The van der Waals surface area contributed by atoms with E-state index in [4.69, 9.17) is 0 Å². The highest BCUT2D eigenvalue weighted by Crippen LogP contribution is 2.18. The molecule has 1 amide bonds. The number of phenolic OH excluding ortho intramolecular Hbond substituents is 1. The molecule has 5 nitrogen and oxygen atoms in total. The fourth-order valence-corrected chi connectivity index (χ4v) is 2.42. The van der Waals surface area contributed by atoms with Gasteiger partial charge in [-0.15, -0.1) is 0 Å². The number of aryl methyl sites for hydroxylation is 2. The average molecular weight is 295 g/mol. The first-order chi connectivity index (χ1) is 10.6. The van der Waals surface area contributed by atoms with E-state index in [0.717, 1.165) is 16.9 Å². The van der Waals surface area contributed by atoms with E-state index in [1.54, 1.807) is 12.1 Å². The monoisotopic (exact) mass is 295 g/mol. The maximum Gasteiger partial charge on any atom is 0.274 e. The van der Waals surface area contributed by atoms with Gasteiger partial charge in [-0.3, -0.25) is 9.20 Å². The Morgan fingerprint density at radius 3 is 2.68 bits per heavy atom. The van der Waals surface area contributed by atoms with Gasteiger partial charge in [0.1, 0.15) is 17.1 Å². The molecule has 112 valence electrons. The van der Waals surface area contributed by atoms with Crippen LogP contribution >= 0.6 is 0 Å². The molecule has 0 atom stereocenters. The third kappa shape index (κ3) is 2.53. The van der Waals surface area contributed by atoms with Crippen LogP contribution in [0.2, 0.25) is 0 Å². The number of rotatable bonds is 3.